The standard InChI is InChI=1S/C21H23BrFN5O2/c1-12-8-15(13(2)25-19-17(22)10-14(23)11-24-19)18-16(9-12)20(29)27(3)21(26-18)28-4-6-30-7-5-28/h8-11,13H,4-7H2,1-3H3,(H,24,25)/t13-/m1/s1. The van der Waals surface area contributed by atoms with E-state index in [9.17, 15) is 9.18 Å². The van der Waals surface area contributed by atoms with Crippen molar-refractivity contribution in [1.82, 2.24) is 14.5 Å². The van der Waals surface area contributed by atoms with E-state index in [0.29, 0.717) is 53.4 Å². The lowest BCUT2D eigenvalue weighted by Crippen LogP contribution is -2.40. The number of ether oxygens (including phenoxy) is 1. The Morgan fingerprint density at radius 1 is 1.27 bits per heavy atom. The number of nitrogens with one attached hydrogen (secondary N) is 1. The van der Waals surface area contributed by atoms with Gasteiger partial charge in [0.15, 0.2) is 0 Å². The molecule has 1 N–H and O–H groups in total. The van der Waals surface area contributed by atoms with Crippen LogP contribution < -0.4 is 15.8 Å². The zero-order valence-electron chi connectivity index (χ0n) is 17.1. The zero-order valence-corrected chi connectivity index (χ0v) is 18.7. The lowest BCUT2D eigenvalue weighted by atomic mass is 10.0. The molecule has 0 saturated carbocycles. The summed E-state index contributed by atoms with van der Waals surface area (Å²) in [6.45, 7) is 6.52. The molecule has 1 fully saturated rings. The Bertz CT molecular complexity index is 1160. The van der Waals surface area contributed by atoms with Crippen molar-refractivity contribution < 1.29 is 9.13 Å². The zero-order chi connectivity index (χ0) is 21.4. The van der Waals surface area contributed by atoms with Crippen molar-refractivity contribution in [2.45, 2.75) is 19.9 Å². The highest BCUT2D eigenvalue weighted by molar-refractivity contribution is 9.10. The summed E-state index contributed by atoms with van der Waals surface area (Å²) in [5.41, 5.74) is 2.42. The minimum absolute atomic E-state index is 0.0836. The summed E-state index contributed by atoms with van der Waals surface area (Å²) in [4.78, 5) is 24.3. The largest absolute Gasteiger partial charge is 0.378 e. The SMILES string of the molecule is Cc1cc([C@@H](C)Nc2ncc(F)cc2Br)c2nc(N3CCOCC3)n(C)c(=O)c2c1. The number of rotatable bonds is 4. The molecule has 0 bridgehead atoms. The Labute approximate surface area is 182 Å². The van der Waals surface area contributed by atoms with Crippen LogP contribution in [0.1, 0.15) is 24.1 Å². The molecule has 3 aromatic rings. The van der Waals surface area contributed by atoms with Gasteiger partial charge in [-0.25, -0.2) is 14.4 Å². The molecule has 1 aliphatic rings. The molecule has 0 aliphatic carbocycles. The Hall–Kier alpha value is -2.52. The number of nitrogens with zero attached hydrogens (tertiary/aromatic N) is 4. The summed E-state index contributed by atoms with van der Waals surface area (Å²) in [6, 6.07) is 5.04. The molecule has 0 spiro atoms. The van der Waals surface area contributed by atoms with Crippen LogP contribution in [-0.2, 0) is 11.8 Å². The molecule has 4 rings (SSSR count). The molecular weight excluding hydrogens is 453 g/mol. The third-order valence-electron chi connectivity index (χ3n) is 5.25. The number of morpholine rings is 1. The van der Waals surface area contributed by atoms with Crippen LogP contribution in [0.15, 0.2) is 33.7 Å². The van der Waals surface area contributed by atoms with Gasteiger partial charge in [0.05, 0.1) is 40.8 Å². The summed E-state index contributed by atoms with van der Waals surface area (Å²) in [5, 5.41) is 3.87. The molecule has 1 atom stereocenters. The molecule has 0 unspecified atom stereocenters. The van der Waals surface area contributed by atoms with Crippen molar-refractivity contribution in [3.05, 3.63) is 56.2 Å². The van der Waals surface area contributed by atoms with Gasteiger partial charge in [-0.2, -0.15) is 0 Å². The fourth-order valence-electron chi connectivity index (χ4n) is 3.72. The molecule has 9 heteroatoms. The van der Waals surface area contributed by atoms with E-state index in [4.69, 9.17) is 9.72 Å². The minimum atomic E-state index is -0.415. The van der Waals surface area contributed by atoms with Crippen LogP contribution >= 0.6 is 15.9 Å². The molecule has 30 heavy (non-hydrogen) atoms. The van der Waals surface area contributed by atoms with Gasteiger partial charge in [0.2, 0.25) is 5.95 Å². The summed E-state index contributed by atoms with van der Waals surface area (Å²) >= 11 is 3.34. The molecule has 2 aromatic heterocycles. The van der Waals surface area contributed by atoms with E-state index in [-0.39, 0.29) is 11.6 Å². The number of pyridine rings is 1. The number of halogens is 2. The molecule has 0 amide bonds. The summed E-state index contributed by atoms with van der Waals surface area (Å²) < 4.78 is 21.0. The van der Waals surface area contributed by atoms with Crippen molar-refractivity contribution in [2.24, 2.45) is 7.05 Å². The van der Waals surface area contributed by atoms with Gasteiger partial charge in [-0.15, -0.1) is 0 Å². The number of benzene rings is 1. The topological polar surface area (TPSA) is 72.3 Å². The predicted molar refractivity (Wildman–Crippen MR) is 119 cm³/mol. The van der Waals surface area contributed by atoms with E-state index in [1.807, 2.05) is 26.0 Å². The normalized spacial score (nSPS) is 15.4. The molecular formula is C21H23BrFN5O2. The molecule has 7 nitrogen and oxygen atoms in total. The van der Waals surface area contributed by atoms with E-state index in [1.165, 1.54) is 12.3 Å². The first-order valence-corrected chi connectivity index (χ1v) is 10.6. The minimum Gasteiger partial charge on any atom is -0.378 e. The molecule has 158 valence electrons. The Kier molecular flexibility index (Phi) is 5.75. The smallest absolute Gasteiger partial charge is 0.262 e. The van der Waals surface area contributed by atoms with E-state index in [1.54, 1.807) is 11.6 Å². The van der Waals surface area contributed by atoms with E-state index in [0.717, 1.165) is 11.1 Å². The van der Waals surface area contributed by atoms with Gasteiger partial charge in [0, 0.05) is 25.7 Å². The fraction of sp³-hybridized carbons (Fsp3) is 0.381. The first-order chi connectivity index (χ1) is 14.3. The first kappa shape index (κ1) is 20.7. The molecule has 1 aromatic carbocycles. The van der Waals surface area contributed by atoms with Crippen LogP contribution in [-0.4, -0.2) is 40.8 Å². The number of aryl methyl sites for hydroxylation is 1. The van der Waals surface area contributed by atoms with Gasteiger partial charge in [0.1, 0.15) is 11.6 Å². The third kappa shape index (κ3) is 3.91. The van der Waals surface area contributed by atoms with Crippen LogP contribution in [0.4, 0.5) is 16.2 Å². The summed E-state index contributed by atoms with van der Waals surface area (Å²) in [6.07, 6.45) is 1.17. The van der Waals surface area contributed by atoms with Crippen molar-refractivity contribution in [3.63, 3.8) is 0 Å². The molecule has 1 saturated heterocycles. The van der Waals surface area contributed by atoms with Crippen molar-refractivity contribution in [1.29, 1.82) is 0 Å². The van der Waals surface area contributed by atoms with E-state index in [2.05, 4.69) is 31.1 Å². The number of anilines is 2. The van der Waals surface area contributed by atoms with Crippen LogP contribution in [0.2, 0.25) is 0 Å². The van der Waals surface area contributed by atoms with Crippen molar-refractivity contribution >= 4 is 38.6 Å². The summed E-state index contributed by atoms with van der Waals surface area (Å²) in [5.74, 6) is 0.742. The Morgan fingerprint density at radius 2 is 2.00 bits per heavy atom. The number of hydrogen-bond donors (Lipinski definition) is 1. The highest BCUT2D eigenvalue weighted by atomic mass is 79.9. The monoisotopic (exact) mass is 475 g/mol. The lowest BCUT2D eigenvalue weighted by molar-refractivity contribution is 0.121. The van der Waals surface area contributed by atoms with Crippen LogP contribution in [0.25, 0.3) is 10.9 Å². The fourth-order valence-corrected chi connectivity index (χ4v) is 4.16. The quantitative estimate of drug-likeness (QED) is 0.621. The maximum absolute atomic E-state index is 13.4. The average Bonchev–Trinajstić information content (AvgIpc) is 2.73. The number of aromatic nitrogens is 3. The first-order valence-electron chi connectivity index (χ1n) is 9.76. The van der Waals surface area contributed by atoms with Gasteiger partial charge in [0.25, 0.3) is 5.56 Å². The Morgan fingerprint density at radius 3 is 2.70 bits per heavy atom. The van der Waals surface area contributed by atoms with Gasteiger partial charge in [-0.3, -0.25) is 9.36 Å². The maximum atomic E-state index is 13.4. The van der Waals surface area contributed by atoms with Crippen LogP contribution in [0.3, 0.4) is 0 Å². The lowest BCUT2D eigenvalue weighted by Gasteiger charge is -2.29. The molecule has 1 aliphatic heterocycles. The van der Waals surface area contributed by atoms with Gasteiger partial charge in [-0.05, 0) is 47.5 Å². The van der Waals surface area contributed by atoms with Gasteiger partial charge < -0.3 is 15.0 Å². The molecule has 0 radical (unpaired) electrons. The average molecular weight is 476 g/mol. The second-order valence-electron chi connectivity index (χ2n) is 7.48. The summed E-state index contributed by atoms with van der Waals surface area (Å²) in [7, 11) is 1.75. The number of fused-ring (bicyclic) bond motifs is 1. The highest BCUT2D eigenvalue weighted by Crippen LogP contribution is 2.29. The molecule has 3 heterocycles. The van der Waals surface area contributed by atoms with Crippen molar-refractivity contribution in [2.75, 3.05) is 36.5 Å². The predicted octanol–water partition coefficient (Wildman–Crippen LogP) is 3.55. The van der Waals surface area contributed by atoms with Crippen molar-refractivity contribution in [3.8, 4) is 0 Å². The maximum Gasteiger partial charge on any atom is 0.262 e. The van der Waals surface area contributed by atoms with E-state index >= 15 is 0 Å². The van der Waals surface area contributed by atoms with E-state index < -0.39 is 5.82 Å². The van der Waals surface area contributed by atoms with Crippen LogP contribution in [0.5, 0.6) is 0 Å². The third-order valence-corrected chi connectivity index (χ3v) is 5.86. The second-order valence-corrected chi connectivity index (χ2v) is 8.33. The van der Waals surface area contributed by atoms with Gasteiger partial charge >= 0.3 is 0 Å². The highest BCUT2D eigenvalue weighted by Gasteiger charge is 2.21. The van der Waals surface area contributed by atoms with Gasteiger partial charge in [-0.1, -0.05) is 6.07 Å². The Balaban J connectivity index is 1.82. The number of hydrogen-bond acceptors (Lipinski definition) is 6. The second kappa shape index (κ2) is 8.31. The van der Waals surface area contributed by atoms with Crippen LogP contribution in [0, 0.1) is 12.7 Å².